The molecule has 3 aliphatic heterocycles. The number of ether oxygens (including phenoxy) is 1. The predicted molar refractivity (Wildman–Crippen MR) is 95.3 cm³/mol. The highest BCUT2D eigenvalue weighted by atomic mass is 16.5. The van der Waals surface area contributed by atoms with Gasteiger partial charge in [-0.3, -0.25) is 10.6 Å². The van der Waals surface area contributed by atoms with Crippen LogP contribution in [-0.4, -0.2) is 35.9 Å². The first-order valence-electron chi connectivity index (χ1n) is 8.94. The Kier molecular flexibility index (Phi) is 3.32. The smallest absolute Gasteiger partial charge is 0.169 e. The molecular weight excluding hydrogens is 314 g/mol. The molecule has 5 rings (SSSR count). The number of hydrogen-bond acceptors (Lipinski definition) is 5. The lowest BCUT2D eigenvalue weighted by Crippen LogP contribution is -2.72. The average molecular weight is 337 g/mol. The Hall–Kier alpha value is -2.08. The van der Waals surface area contributed by atoms with Crippen LogP contribution in [0.2, 0.25) is 0 Å². The maximum Gasteiger partial charge on any atom is 0.169 e. The SMILES string of the molecule is CN1CC[C@@]23N[C@@H](N[C@@H](c4ccccc4O)[C@H]2C1)c1ccccc1O3. The third-order valence-electron chi connectivity index (χ3n) is 5.90. The monoisotopic (exact) mass is 337 g/mol. The van der Waals surface area contributed by atoms with Gasteiger partial charge in [0.15, 0.2) is 5.72 Å². The van der Waals surface area contributed by atoms with Crippen LogP contribution in [0.3, 0.4) is 0 Å². The molecule has 5 heteroatoms. The molecule has 0 amide bonds. The van der Waals surface area contributed by atoms with Gasteiger partial charge in [0.1, 0.15) is 11.5 Å². The van der Waals surface area contributed by atoms with Crippen LogP contribution in [0.15, 0.2) is 48.5 Å². The number of hydrogen-bond donors (Lipinski definition) is 3. The highest BCUT2D eigenvalue weighted by Crippen LogP contribution is 2.49. The molecule has 3 N–H and O–H groups in total. The molecule has 2 saturated heterocycles. The number of aromatic hydroxyl groups is 1. The van der Waals surface area contributed by atoms with E-state index in [1.165, 1.54) is 0 Å². The van der Waals surface area contributed by atoms with Gasteiger partial charge in [-0.05, 0) is 19.2 Å². The van der Waals surface area contributed by atoms with Gasteiger partial charge in [-0.25, -0.2) is 0 Å². The summed E-state index contributed by atoms with van der Waals surface area (Å²) in [6.45, 7) is 1.90. The first kappa shape index (κ1) is 15.2. The predicted octanol–water partition coefficient (Wildman–Crippen LogP) is 2.37. The van der Waals surface area contributed by atoms with E-state index >= 15 is 0 Å². The number of piperidine rings is 1. The second-order valence-corrected chi connectivity index (χ2v) is 7.43. The van der Waals surface area contributed by atoms with Crippen LogP contribution >= 0.6 is 0 Å². The lowest BCUT2D eigenvalue weighted by Gasteiger charge is -2.58. The summed E-state index contributed by atoms with van der Waals surface area (Å²) >= 11 is 0. The molecule has 2 aromatic rings. The van der Waals surface area contributed by atoms with Crippen molar-refractivity contribution in [3.05, 3.63) is 59.7 Å². The fourth-order valence-corrected chi connectivity index (χ4v) is 4.64. The molecule has 4 atom stereocenters. The third-order valence-corrected chi connectivity index (χ3v) is 5.90. The lowest BCUT2D eigenvalue weighted by molar-refractivity contribution is -0.133. The summed E-state index contributed by atoms with van der Waals surface area (Å²) in [5.74, 6) is 1.50. The highest BCUT2D eigenvalue weighted by Gasteiger charge is 2.56. The van der Waals surface area contributed by atoms with Gasteiger partial charge in [-0.1, -0.05) is 36.4 Å². The second kappa shape index (κ2) is 5.46. The normalized spacial score (nSPS) is 33.9. The molecule has 2 aromatic carbocycles. The second-order valence-electron chi connectivity index (χ2n) is 7.43. The van der Waals surface area contributed by atoms with E-state index in [1.54, 1.807) is 6.07 Å². The van der Waals surface area contributed by atoms with Gasteiger partial charge in [-0.2, -0.15) is 0 Å². The minimum atomic E-state index is -0.399. The van der Waals surface area contributed by atoms with Crippen molar-refractivity contribution in [3.8, 4) is 11.5 Å². The molecule has 130 valence electrons. The summed E-state index contributed by atoms with van der Waals surface area (Å²) in [6.07, 6.45) is 0.944. The zero-order valence-corrected chi connectivity index (χ0v) is 14.3. The van der Waals surface area contributed by atoms with Crippen molar-refractivity contribution in [2.24, 2.45) is 5.92 Å². The van der Waals surface area contributed by atoms with Crippen molar-refractivity contribution in [3.63, 3.8) is 0 Å². The highest BCUT2D eigenvalue weighted by molar-refractivity contribution is 5.42. The van der Waals surface area contributed by atoms with E-state index in [1.807, 2.05) is 30.3 Å². The fraction of sp³-hybridized carbons (Fsp3) is 0.400. The van der Waals surface area contributed by atoms with Gasteiger partial charge in [-0.15, -0.1) is 0 Å². The number of para-hydroxylation sites is 2. The maximum atomic E-state index is 10.5. The number of phenolic OH excluding ortho intramolecular Hbond substituents is 1. The molecule has 1 spiro atoms. The van der Waals surface area contributed by atoms with Crippen LogP contribution in [0.4, 0.5) is 0 Å². The Balaban J connectivity index is 1.64. The number of phenols is 1. The van der Waals surface area contributed by atoms with Crippen LogP contribution in [0.25, 0.3) is 0 Å². The zero-order chi connectivity index (χ0) is 17.0. The molecule has 0 aromatic heterocycles. The van der Waals surface area contributed by atoms with Gasteiger partial charge in [0.25, 0.3) is 0 Å². The van der Waals surface area contributed by atoms with E-state index in [2.05, 4.69) is 34.7 Å². The molecule has 3 aliphatic rings. The summed E-state index contributed by atoms with van der Waals surface area (Å²) in [7, 11) is 2.15. The summed E-state index contributed by atoms with van der Waals surface area (Å²) in [6, 6.07) is 15.9. The van der Waals surface area contributed by atoms with Crippen LogP contribution in [0.1, 0.15) is 29.8 Å². The van der Waals surface area contributed by atoms with E-state index in [0.29, 0.717) is 5.75 Å². The Morgan fingerprint density at radius 1 is 1.12 bits per heavy atom. The van der Waals surface area contributed by atoms with Gasteiger partial charge in [0.2, 0.25) is 0 Å². The van der Waals surface area contributed by atoms with Crippen LogP contribution in [-0.2, 0) is 0 Å². The number of nitrogens with one attached hydrogen (secondary N) is 2. The van der Waals surface area contributed by atoms with Crippen LogP contribution < -0.4 is 15.4 Å². The van der Waals surface area contributed by atoms with Crippen LogP contribution in [0, 0.1) is 5.92 Å². The average Bonchev–Trinajstić information content (AvgIpc) is 2.62. The minimum Gasteiger partial charge on any atom is -0.508 e. The molecule has 2 fully saturated rings. The molecular formula is C20H23N3O2. The van der Waals surface area contributed by atoms with Crippen molar-refractivity contribution in [1.82, 2.24) is 15.5 Å². The van der Waals surface area contributed by atoms with Crippen molar-refractivity contribution >= 4 is 0 Å². The Bertz CT molecular complexity index is 811. The number of likely N-dealkylation sites (tertiary alicyclic amines) is 1. The van der Waals surface area contributed by atoms with Crippen molar-refractivity contribution < 1.29 is 9.84 Å². The number of fused-ring (bicyclic) bond motifs is 3. The summed E-state index contributed by atoms with van der Waals surface area (Å²) < 4.78 is 6.57. The molecule has 0 unspecified atom stereocenters. The molecule has 0 saturated carbocycles. The van der Waals surface area contributed by atoms with Gasteiger partial charge in [0, 0.05) is 42.6 Å². The molecule has 25 heavy (non-hydrogen) atoms. The molecule has 2 bridgehead atoms. The molecule has 5 nitrogen and oxygen atoms in total. The van der Waals surface area contributed by atoms with E-state index < -0.39 is 5.72 Å². The first-order chi connectivity index (χ1) is 12.2. The fourth-order valence-electron chi connectivity index (χ4n) is 4.64. The largest absolute Gasteiger partial charge is 0.508 e. The quantitative estimate of drug-likeness (QED) is 0.746. The van der Waals surface area contributed by atoms with Crippen LogP contribution in [0.5, 0.6) is 11.5 Å². The Morgan fingerprint density at radius 2 is 1.88 bits per heavy atom. The van der Waals surface area contributed by atoms with Crippen molar-refractivity contribution in [2.75, 3.05) is 20.1 Å². The molecule has 3 heterocycles. The van der Waals surface area contributed by atoms with Crippen molar-refractivity contribution in [2.45, 2.75) is 24.4 Å². The molecule has 0 radical (unpaired) electrons. The minimum absolute atomic E-state index is 0.0224. The van der Waals surface area contributed by atoms with E-state index in [4.69, 9.17) is 4.74 Å². The van der Waals surface area contributed by atoms with E-state index in [9.17, 15) is 5.11 Å². The zero-order valence-electron chi connectivity index (χ0n) is 14.3. The summed E-state index contributed by atoms with van der Waals surface area (Å²) in [5.41, 5.74) is 1.68. The summed E-state index contributed by atoms with van der Waals surface area (Å²) in [5, 5.41) is 17.9. The molecule has 0 aliphatic carbocycles. The van der Waals surface area contributed by atoms with Crippen molar-refractivity contribution in [1.29, 1.82) is 0 Å². The number of benzene rings is 2. The first-order valence-corrected chi connectivity index (χ1v) is 8.94. The Labute approximate surface area is 147 Å². The van der Waals surface area contributed by atoms with E-state index in [-0.39, 0.29) is 18.1 Å². The van der Waals surface area contributed by atoms with Gasteiger partial charge < -0.3 is 14.7 Å². The van der Waals surface area contributed by atoms with Gasteiger partial charge >= 0.3 is 0 Å². The van der Waals surface area contributed by atoms with Gasteiger partial charge in [0.05, 0.1) is 6.17 Å². The maximum absolute atomic E-state index is 10.5. The third kappa shape index (κ3) is 2.27. The van der Waals surface area contributed by atoms with E-state index in [0.717, 1.165) is 36.4 Å². The summed E-state index contributed by atoms with van der Waals surface area (Å²) in [4.78, 5) is 2.34. The standard InChI is InChI=1S/C20H23N3O2/c1-23-11-10-20-15(12-23)18(13-6-2-4-8-16(13)24)21-19(22-20)14-7-3-5-9-17(14)25-20/h2-9,15,18-19,21-22,24H,10-12H2,1H3/t15-,18+,19-,20+/m1/s1. The topological polar surface area (TPSA) is 56.8 Å². The Morgan fingerprint density at radius 3 is 2.72 bits per heavy atom. The number of nitrogens with zero attached hydrogens (tertiary/aromatic N) is 1. The lowest BCUT2D eigenvalue weighted by atomic mass is 9.75. The number of rotatable bonds is 1.